The van der Waals surface area contributed by atoms with Gasteiger partial charge in [-0.25, -0.2) is 4.39 Å². The second-order valence-corrected chi connectivity index (χ2v) is 7.70. The summed E-state index contributed by atoms with van der Waals surface area (Å²) in [6.45, 7) is 0. The van der Waals surface area contributed by atoms with Gasteiger partial charge in [0.1, 0.15) is 5.82 Å². The quantitative estimate of drug-likeness (QED) is 0.803. The average Bonchev–Trinajstić information content (AvgIpc) is 2.87. The van der Waals surface area contributed by atoms with Crippen LogP contribution in [-0.4, -0.2) is 10.7 Å². The van der Waals surface area contributed by atoms with Crippen molar-refractivity contribution in [1.82, 2.24) is 0 Å². The largest absolute Gasteiger partial charge is 0.390 e. The highest BCUT2D eigenvalue weighted by Gasteiger charge is 2.43. The van der Waals surface area contributed by atoms with Gasteiger partial charge >= 0.3 is 0 Å². The van der Waals surface area contributed by atoms with Gasteiger partial charge in [0.2, 0.25) is 0 Å². The molecule has 0 atom stereocenters. The standard InChI is InChI=1S/C17H22BrFO/c18-15-11-14(19)4-3-13(15)12-17(20)9-7-16(8-10-17)5-1-2-6-16/h3-4,11,20H,1-2,5-10,12H2. The van der Waals surface area contributed by atoms with Gasteiger partial charge in [-0.15, -0.1) is 0 Å². The Hall–Kier alpha value is -0.410. The Morgan fingerprint density at radius 1 is 1.05 bits per heavy atom. The highest BCUT2D eigenvalue weighted by molar-refractivity contribution is 9.10. The molecule has 0 saturated heterocycles. The van der Waals surface area contributed by atoms with E-state index in [2.05, 4.69) is 15.9 Å². The molecule has 1 aromatic carbocycles. The molecule has 0 bridgehead atoms. The normalized spacial score (nSPS) is 24.1. The lowest BCUT2D eigenvalue weighted by Gasteiger charge is -2.42. The Balaban J connectivity index is 1.68. The van der Waals surface area contributed by atoms with E-state index in [1.165, 1.54) is 37.8 Å². The van der Waals surface area contributed by atoms with Crippen molar-refractivity contribution >= 4 is 15.9 Å². The van der Waals surface area contributed by atoms with Crippen LogP contribution in [0.1, 0.15) is 56.9 Å². The number of aliphatic hydroxyl groups is 1. The molecule has 1 aromatic rings. The van der Waals surface area contributed by atoms with Crippen LogP contribution in [0.3, 0.4) is 0 Å². The van der Waals surface area contributed by atoms with Gasteiger partial charge in [0.25, 0.3) is 0 Å². The summed E-state index contributed by atoms with van der Waals surface area (Å²) in [6, 6.07) is 4.75. The number of halogens is 2. The first kappa shape index (κ1) is 14.5. The van der Waals surface area contributed by atoms with Gasteiger partial charge in [-0.3, -0.25) is 0 Å². The van der Waals surface area contributed by atoms with Crippen LogP contribution in [0.25, 0.3) is 0 Å². The number of benzene rings is 1. The summed E-state index contributed by atoms with van der Waals surface area (Å²) in [6.07, 6.45) is 10.1. The molecule has 0 heterocycles. The van der Waals surface area contributed by atoms with E-state index in [4.69, 9.17) is 0 Å². The molecule has 3 rings (SSSR count). The first-order valence-electron chi connectivity index (χ1n) is 7.67. The molecule has 2 aliphatic carbocycles. The Kier molecular flexibility index (Phi) is 3.93. The van der Waals surface area contributed by atoms with Crippen LogP contribution in [0.5, 0.6) is 0 Å². The van der Waals surface area contributed by atoms with E-state index in [9.17, 15) is 9.50 Å². The van der Waals surface area contributed by atoms with Gasteiger partial charge in [-0.1, -0.05) is 34.8 Å². The lowest BCUT2D eigenvalue weighted by molar-refractivity contribution is -0.0323. The molecule has 2 aliphatic rings. The molecule has 110 valence electrons. The maximum atomic E-state index is 13.1. The molecule has 3 heteroatoms. The van der Waals surface area contributed by atoms with Gasteiger partial charge < -0.3 is 5.11 Å². The van der Waals surface area contributed by atoms with Gasteiger partial charge in [0.15, 0.2) is 0 Å². The van der Waals surface area contributed by atoms with Crippen LogP contribution in [0.4, 0.5) is 4.39 Å². The molecule has 2 saturated carbocycles. The lowest BCUT2D eigenvalue weighted by atomic mass is 9.66. The molecule has 20 heavy (non-hydrogen) atoms. The minimum atomic E-state index is -0.603. The number of rotatable bonds is 2. The van der Waals surface area contributed by atoms with Crippen molar-refractivity contribution in [3.8, 4) is 0 Å². The van der Waals surface area contributed by atoms with Crippen molar-refractivity contribution in [3.63, 3.8) is 0 Å². The maximum Gasteiger partial charge on any atom is 0.124 e. The molecular weight excluding hydrogens is 319 g/mol. The van der Waals surface area contributed by atoms with Crippen LogP contribution >= 0.6 is 15.9 Å². The zero-order chi connectivity index (χ0) is 14.2. The minimum absolute atomic E-state index is 0.235. The van der Waals surface area contributed by atoms with Gasteiger partial charge in [0, 0.05) is 10.9 Å². The maximum absolute atomic E-state index is 13.1. The predicted molar refractivity (Wildman–Crippen MR) is 82.1 cm³/mol. The monoisotopic (exact) mass is 340 g/mol. The molecule has 1 spiro atoms. The lowest BCUT2D eigenvalue weighted by Crippen LogP contribution is -2.39. The van der Waals surface area contributed by atoms with Crippen molar-refractivity contribution in [1.29, 1.82) is 0 Å². The summed E-state index contributed by atoms with van der Waals surface area (Å²) in [5, 5.41) is 10.8. The van der Waals surface area contributed by atoms with Crippen LogP contribution in [0.2, 0.25) is 0 Å². The van der Waals surface area contributed by atoms with Crippen molar-refractivity contribution in [2.75, 3.05) is 0 Å². The van der Waals surface area contributed by atoms with E-state index in [-0.39, 0.29) is 5.82 Å². The molecule has 0 aromatic heterocycles. The molecule has 2 fully saturated rings. The fourth-order valence-electron chi connectivity index (χ4n) is 4.07. The van der Waals surface area contributed by atoms with Crippen molar-refractivity contribution in [2.45, 2.75) is 63.4 Å². The molecule has 0 radical (unpaired) electrons. The average molecular weight is 341 g/mol. The third kappa shape index (κ3) is 2.94. The first-order valence-corrected chi connectivity index (χ1v) is 8.46. The van der Waals surface area contributed by atoms with E-state index in [1.807, 2.05) is 0 Å². The Bertz CT molecular complexity index is 484. The van der Waals surface area contributed by atoms with Crippen molar-refractivity contribution in [3.05, 3.63) is 34.1 Å². The van der Waals surface area contributed by atoms with E-state index in [0.717, 1.165) is 35.7 Å². The summed E-state index contributed by atoms with van der Waals surface area (Å²) >= 11 is 3.41. The second-order valence-electron chi connectivity index (χ2n) is 6.84. The van der Waals surface area contributed by atoms with E-state index >= 15 is 0 Å². The summed E-state index contributed by atoms with van der Waals surface area (Å²) in [5.74, 6) is -0.235. The summed E-state index contributed by atoms with van der Waals surface area (Å²) in [7, 11) is 0. The number of hydrogen-bond donors (Lipinski definition) is 1. The molecule has 0 amide bonds. The summed E-state index contributed by atoms with van der Waals surface area (Å²) in [5.41, 5.74) is 0.941. The molecule has 0 unspecified atom stereocenters. The zero-order valence-corrected chi connectivity index (χ0v) is 13.4. The number of hydrogen-bond acceptors (Lipinski definition) is 1. The predicted octanol–water partition coefficient (Wildman–Crippen LogP) is 5.00. The third-order valence-corrected chi connectivity index (χ3v) is 6.18. The molecule has 1 N–H and O–H groups in total. The molecule has 1 nitrogen and oxygen atoms in total. The van der Waals surface area contributed by atoms with Crippen LogP contribution in [-0.2, 0) is 6.42 Å². The zero-order valence-electron chi connectivity index (χ0n) is 11.8. The Labute approximate surface area is 128 Å². The topological polar surface area (TPSA) is 20.2 Å². The summed E-state index contributed by atoms with van der Waals surface area (Å²) < 4.78 is 13.9. The van der Waals surface area contributed by atoms with E-state index in [0.29, 0.717) is 11.8 Å². The highest BCUT2D eigenvalue weighted by atomic mass is 79.9. The van der Waals surface area contributed by atoms with Crippen molar-refractivity contribution < 1.29 is 9.50 Å². The first-order chi connectivity index (χ1) is 9.50. The van der Waals surface area contributed by atoms with Gasteiger partial charge in [-0.2, -0.15) is 0 Å². The van der Waals surface area contributed by atoms with Gasteiger partial charge in [0.05, 0.1) is 5.60 Å². The molecular formula is C17H22BrFO. The SMILES string of the molecule is OC1(Cc2ccc(F)cc2Br)CCC2(CCCC2)CC1. The van der Waals surface area contributed by atoms with Crippen molar-refractivity contribution in [2.24, 2.45) is 5.41 Å². The fourth-order valence-corrected chi connectivity index (χ4v) is 4.56. The van der Waals surface area contributed by atoms with Gasteiger partial charge in [-0.05, 0) is 61.6 Å². The van der Waals surface area contributed by atoms with Crippen LogP contribution in [0.15, 0.2) is 22.7 Å². The third-order valence-electron chi connectivity index (χ3n) is 5.44. The Morgan fingerprint density at radius 2 is 1.70 bits per heavy atom. The second kappa shape index (κ2) is 5.42. The summed E-state index contributed by atoms with van der Waals surface area (Å²) in [4.78, 5) is 0. The van der Waals surface area contributed by atoms with Crippen LogP contribution < -0.4 is 0 Å². The fraction of sp³-hybridized carbons (Fsp3) is 0.647. The molecule has 0 aliphatic heterocycles. The highest BCUT2D eigenvalue weighted by Crippen LogP contribution is 2.51. The Morgan fingerprint density at radius 3 is 2.30 bits per heavy atom. The van der Waals surface area contributed by atoms with E-state index < -0.39 is 5.60 Å². The minimum Gasteiger partial charge on any atom is -0.390 e. The smallest absolute Gasteiger partial charge is 0.124 e. The van der Waals surface area contributed by atoms with E-state index in [1.54, 1.807) is 6.07 Å². The van der Waals surface area contributed by atoms with Crippen LogP contribution in [0, 0.1) is 11.2 Å².